The number of carbonyl (C=O) groups excluding carboxylic acids is 1. The summed E-state index contributed by atoms with van der Waals surface area (Å²) in [6.45, 7) is 12.8. The van der Waals surface area contributed by atoms with Crippen LogP contribution in [0.15, 0.2) is 0 Å². The third kappa shape index (κ3) is 7.38. The zero-order valence-electron chi connectivity index (χ0n) is 14.0. The van der Waals surface area contributed by atoms with E-state index in [0.29, 0.717) is 11.8 Å². The predicted octanol–water partition coefficient (Wildman–Crippen LogP) is 2.17. The molecule has 3 atom stereocenters. The lowest BCUT2D eigenvalue weighted by Crippen LogP contribution is -2.37. The third-order valence-electron chi connectivity index (χ3n) is 3.46. The van der Waals surface area contributed by atoms with Crippen molar-refractivity contribution in [1.82, 2.24) is 0 Å². The first-order valence-corrected chi connectivity index (χ1v) is 11.0. The summed E-state index contributed by atoms with van der Waals surface area (Å²) in [6, 6.07) is 0. The highest BCUT2D eigenvalue weighted by atomic mass is 28.2. The maximum absolute atomic E-state index is 12.2. The predicted molar refractivity (Wildman–Crippen MR) is 91.2 cm³/mol. The minimum atomic E-state index is -0.713. The van der Waals surface area contributed by atoms with E-state index in [-0.39, 0.29) is 33.3 Å². The Bertz CT molecular complexity index is 293. The Balaban J connectivity index is 4.88. The van der Waals surface area contributed by atoms with E-state index < -0.39 is 9.76 Å². The normalized spacial score (nSPS) is 16.4. The average molecular weight is 317 g/mol. The van der Waals surface area contributed by atoms with Crippen LogP contribution < -0.4 is 0 Å². The van der Waals surface area contributed by atoms with E-state index in [9.17, 15) is 4.79 Å². The molecule has 118 valence electrons. The van der Waals surface area contributed by atoms with Crippen LogP contribution >= 0.6 is 0 Å². The van der Waals surface area contributed by atoms with Crippen molar-refractivity contribution >= 4 is 31.3 Å². The van der Waals surface area contributed by atoms with E-state index in [1.807, 2.05) is 6.55 Å². The second kappa shape index (κ2) is 10.3. The maximum Gasteiger partial charge on any atom is 0.299 e. The Morgan fingerprint density at radius 3 is 2.20 bits per heavy atom. The molecule has 0 radical (unpaired) electrons. The lowest BCUT2D eigenvalue weighted by atomic mass is 9.84. The van der Waals surface area contributed by atoms with Crippen LogP contribution in [-0.2, 0) is 13.6 Å². The van der Waals surface area contributed by atoms with Gasteiger partial charge in [0.15, 0.2) is 0 Å². The lowest BCUT2D eigenvalue weighted by Gasteiger charge is -2.31. The van der Waals surface area contributed by atoms with Crippen LogP contribution in [0.2, 0.25) is 6.55 Å². The molecular weight excluding hydrogens is 284 g/mol. The highest BCUT2D eigenvalue weighted by Gasteiger charge is 2.33. The van der Waals surface area contributed by atoms with Gasteiger partial charge in [0.1, 0.15) is 0 Å². The molecule has 0 spiro atoms. The smallest absolute Gasteiger partial charge is 0.299 e. The molecule has 0 aliphatic carbocycles. The summed E-state index contributed by atoms with van der Waals surface area (Å²) in [5, 5.41) is 0. The molecule has 0 aromatic rings. The fraction of sp³-hybridized carbons (Fsp3) is 0.867. The van der Waals surface area contributed by atoms with Crippen LogP contribution in [0.5, 0.6) is 0 Å². The SMILES string of the molecule is C=[SiH]OC(CC(C)CC(C)C)C(C(=O)O[SiH2]C)C(C)C. The Kier molecular flexibility index (Phi) is 10.1. The second-order valence-electron chi connectivity index (χ2n) is 6.33. The Morgan fingerprint density at radius 1 is 1.20 bits per heavy atom. The highest BCUT2D eigenvalue weighted by Crippen LogP contribution is 2.27. The molecule has 0 aliphatic rings. The van der Waals surface area contributed by atoms with Gasteiger partial charge < -0.3 is 8.85 Å². The molecule has 0 N–H and O–H groups in total. The van der Waals surface area contributed by atoms with Gasteiger partial charge in [-0.2, -0.15) is 0 Å². The van der Waals surface area contributed by atoms with Gasteiger partial charge in [0, 0.05) is 0 Å². The molecule has 0 amide bonds. The first-order chi connectivity index (χ1) is 9.33. The van der Waals surface area contributed by atoms with Crippen molar-refractivity contribution in [2.24, 2.45) is 23.7 Å². The van der Waals surface area contributed by atoms with Gasteiger partial charge in [-0.25, -0.2) is 0 Å². The molecule has 5 heteroatoms. The standard InChI is InChI=1S/C15H32O3Si2/c1-10(2)8-12(5)9-13(17-19-6)14(11(3)4)15(16)18-20-7/h10-14,19H,6,8-9,20H2,1-5,7H3. The maximum atomic E-state index is 12.2. The molecule has 0 saturated heterocycles. The minimum Gasteiger partial charge on any atom is -0.550 e. The molecule has 3 nitrogen and oxygen atoms in total. The quantitative estimate of drug-likeness (QED) is 0.580. The van der Waals surface area contributed by atoms with E-state index in [1.54, 1.807) is 0 Å². The second-order valence-corrected chi connectivity index (χ2v) is 7.80. The Morgan fingerprint density at radius 2 is 1.80 bits per heavy atom. The van der Waals surface area contributed by atoms with Crippen LogP contribution in [0.4, 0.5) is 0 Å². The summed E-state index contributed by atoms with van der Waals surface area (Å²) in [5.74, 6) is 1.25. The van der Waals surface area contributed by atoms with Gasteiger partial charge in [-0.05, 0) is 37.1 Å². The van der Waals surface area contributed by atoms with Crippen molar-refractivity contribution in [2.45, 2.75) is 60.1 Å². The molecule has 0 fully saturated rings. The van der Waals surface area contributed by atoms with Gasteiger partial charge in [0.2, 0.25) is 19.1 Å². The molecule has 20 heavy (non-hydrogen) atoms. The lowest BCUT2D eigenvalue weighted by molar-refractivity contribution is -0.144. The number of hydrogen-bond donors (Lipinski definition) is 0. The van der Waals surface area contributed by atoms with E-state index >= 15 is 0 Å². The third-order valence-corrected chi connectivity index (χ3v) is 4.57. The van der Waals surface area contributed by atoms with Crippen molar-refractivity contribution < 1.29 is 13.6 Å². The minimum absolute atomic E-state index is 0.0377. The topological polar surface area (TPSA) is 35.5 Å². The summed E-state index contributed by atoms with van der Waals surface area (Å²) in [4.78, 5) is 12.2. The Hall–Kier alpha value is -0.426. The molecule has 0 aromatic carbocycles. The van der Waals surface area contributed by atoms with Crippen molar-refractivity contribution in [3.8, 4) is 0 Å². The molecule has 3 unspecified atom stereocenters. The Labute approximate surface area is 129 Å². The van der Waals surface area contributed by atoms with Crippen molar-refractivity contribution in [1.29, 1.82) is 0 Å². The largest absolute Gasteiger partial charge is 0.550 e. The summed E-state index contributed by atoms with van der Waals surface area (Å²) < 4.78 is 11.2. The average Bonchev–Trinajstić information content (AvgIpc) is 2.27. The number of hydrogen-bond acceptors (Lipinski definition) is 3. The van der Waals surface area contributed by atoms with Gasteiger partial charge in [0.05, 0.1) is 12.0 Å². The van der Waals surface area contributed by atoms with Crippen LogP contribution in [-0.4, -0.2) is 37.4 Å². The number of rotatable bonds is 10. The summed E-state index contributed by atoms with van der Waals surface area (Å²) >= 11 is 0. The van der Waals surface area contributed by atoms with Gasteiger partial charge in [-0.1, -0.05) is 40.8 Å². The highest BCUT2D eigenvalue weighted by molar-refractivity contribution is 6.34. The summed E-state index contributed by atoms with van der Waals surface area (Å²) in [5.41, 5.74) is 0. The van der Waals surface area contributed by atoms with Crippen molar-refractivity contribution in [3.05, 3.63) is 0 Å². The molecule has 0 heterocycles. The zero-order valence-corrected chi connectivity index (χ0v) is 16.6. The van der Waals surface area contributed by atoms with Crippen LogP contribution in [0.1, 0.15) is 47.5 Å². The fourth-order valence-corrected chi connectivity index (χ4v) is 3.80. The van der Waals surface area contributed by atoms with Gasteiger partial charge in [0.25, 0.3) is 5.97 Å². The molecule has 0 rings (SSSR count). The van der Waals surface area contributed by atoms with E-state index in [0.717, 1.165) is 12.8 Å². The molecule has 0 saturated carbocycles. The van der Waals surface area contributed by atoms with Crippen LogP contribution in [0.25, 0.3) is 0 Å². The van der Waals surface area contributed by atoms with E-state index in [2.05, 4.69) is 40.8 Å². The number of carbonyl (C=O) groups is 1. The molecule has 0 aliphatic heterocycles. The van der Waals surface area contributed by atoms with Gasteiger partial charge in [-0.3, -0.25) is 4.79 Å². The van der Waals surface area contributed by atoms with Crippen molar-refractivity contribution in [2.75, 3.05) is 0 Å². The van der Waals surface area contributed by atoms with E-state index in [1.165, 1.54) is 0 Å². The van der Waals surface area contributed by atoms with Crippen LogP contribution in [0.3, 0.4) is 0 Å². The summed E-state index contributed by atoms with van der Waals surface area (Å²) in [6.07, 6.45) is 5.90. The van der Waals surface area contributed by atoms with Crippen molar-refractivity contribution in [3.63, 3.8) is 0 Å². The monoisotopic (exact) mass is 316 g/mol. The first kappa shape index (κ1) is 19.6. The van der Waals surface area contributed by atoms with Gasteiger partial charge >= 0.3 is 0 Å². The van der Waals surface area contributed by atoms with Gasteiger partial charge in [-0.15, -0.1) is 0 Å². The van der Waals surface area contributed by atoms with E-state index in [4.69, 9.17) is 8.85 Å². The summed E-state index contributed by atoms with van der Waals surface area (Å²) in [7, 11) is -1.01. The zero-order chi connectivity index (χ0) is 15.7. The fourth-order valence-electron chi connectivity index (χ4n) is 2.80. The molecule has 0 bridgehead atoms. The first-order valence-electron chi connectivity index (χ1n) is 7.76. The molecular formula is C15H32O3Si2. The van der Waals surface area contributed by atoms with Crippen LogP contribution in [0, 0.1) is 23.7 Å². The molecule has 0 aromatic heterocycles.